The van der Waals surface area contributed by atoms with Crippen molar-refractivity contribution in [3.63, 3.8) is 0 Å². The third-order valence-electron chi connectivity index (χ3n) is 7.92. The standard InChI is InChI=1S/C28H35NO8/c1-33-22-10-16(11-23(34-2)27(22)35-3)24-17-12-20-21(37-15-36-20)13-18(17)26(31)19(14-30)25(24)28(32)29-8-6-4-5-7-9-29/h10-13,19,24-26,30-31H,4-9,14-15H2,1-3H3/t19-,24+,25-,26-/m0/s1. The van der Waals surface area contributed by atoms with E-state index in [1.54, 1.807) is 27.4 Å². The fourth-order valence-corrected chi connectivity index (χ4v) is 6.08. The average molecular weight is 514 g/mol. The Bertz CT molecular complexity index is 1120. The number of hydrogen-bond acceptors (Lipinski definition) is 8. The molecule has 4 atom stereocenters. The molecule has 0 unspecified atom stereocenters. The summed E-state index contributed by atoms with van der Waals surface area (Å²) in [6, 6.07) is 7.30. The zero-order valence-electron chi connectivity index (χ0n) is 21.6. The second-order valence-corrected chi connectivity index (χ2v) is 9.83. The number of amides is 1. The molecule has 2 aliphatic heterocycles. The molecule has 0 radical (unpaired) electrons. The lowest BCUT2D eigenvalue weighted by Crippen LogP contribution is -2.47. The number of likely N-dealkylation sites (tertiary alicyclic amines) is 1. The molecule has 0 saturated carbocycles. The molecule has 9 nitrogen and oxygen atoms in total. The molecule has 3 aliphatic rings. The predicted molar refractivity (Wildman–Crippen MR) is 135 cm³/mol. The highest BCUT2D eigenvalue weighted by atomic mass is 16.7. The Labute approximate surface area is 216 Å². The number of methoxy groups -OCH3 is 3. The molecule has 1 fully saturated rings. The molecule has 1 aliphatic carbocycles. The number of rotatable bonds is 6. The summed E-state index contributed by atoms with van der Waals surface area (Å²) in [6.45, 7) is 1.07. The van der Waals surface area contributed by atoms with Gasteiger partial charge in [-0.3, -0.25) is 4.79 Å². The largest absolute Gasteiger partial charge is 0.493 e. The van der Waals surface area contributed by atoms with E-state index in [9.17, 15) is 15.0 Å². The fourth-order valence-electron chi connectivity index (χ4n) is 6.08. The van der Waals surface area contributed by atoms with Gasteiger partial charge in [-0.25, -0.2) is 0 Å². The van der Waals surface area contributed by atoms with E-state index in [1.165, 1.54) is 0 Å². The van der Waals surface area contributed by atoms with Gasteiger partial charge in [-0.15, -0.1) is 0 Å². The first-order valence-electron chi connectivity index (χ1n) is 12.8. The zero-order chi connectivity index (χ0) is 26.1. The van der Waals surface area contributed by atoms with E-state index in [0.717, 1.165) is 36.8 Å². The highest BCUT2D eigenvalue weighted by Gasteiger charge is 2.48. The van der Waals surface area contributed by atoms with Crippen molar-refractivity contribution >= 4 is 5.91 Å². The molecular formula is C28H35NO8. The average Bonchev–Trinajstić information content (AvgIpc) is 3.21. The Balaban J connectivity index is 1.72. The second kappa shape index (κ2) is 10.7. The zero-order valence-corrected chi connectivity index (χ0v) is 21.6. The number of fused-ring (bicyclic) bond motifs is 2. The molecule has 5 rings (SSSR count). The van der Waals surface area contributed by atoms with Gasteiger partial charge in [0.15, 0.2) is 23.0 Å². The molecule has 2 heterocycles. The van der Waals surface area contributed by atoms with E-state index in [0.29, 0.717) is 47.4 Å². The van der Waals surface area contributed by atoms with E-state index in [4.69, 9.17) is 23.7 Å². The molecule has 2 N–H and O–H groups in total. The number of carbonyl (C=O) groups excluding carboxylic acids is 1. The molecule has 0 bridgehead atoms. The smallest absolute Gasteiger partial charge is 0.231 e. The molecular weight excluding hydrogens is 478 g/mol. The first kappa shape index (κ1) is 25.5. The Kier molecular flexibility index (Phi) is 7.35. The summed E-state index contributed by atoms with van der Waals surface area (Å²) in [5, 5.41) is 22.0. The number of hydrogen-bond donors (Lipinski definition) is 2. The van der Waals surface area contributed by atoms with Gasteiger partial charge in [-0.2, -0.15) is 0 Å². The maximum Gasteiger partial charge on any atom is 0.231 e. The maximum atomic E-state index is 14.2. The van der Waals surface area contributed by atoms with Gasteiger partial charge in [0.1, 0.15) is 0 Å². The quantitative estimate of drug-likeness (QED) is 0.606. The van der Waals surface area contributed by atoms with Crippen molar-refractivity contribution in [3.8, 4) is 28.7 Å². The minimum absolute atomic E-state index is 0.0675. The third kappa shape index (κ3) is 4.44. The molecule has 200 valence electrons. The SMILES string of the molecule is COc1cc([C@@H]2c3cc4c(cc3[C@H](O)[C@@H](CO)[C@@H]2C(=O)N2CCCCCC2)OCO4)cc(OC)c1OC. The number of aliphatic hydroxyl groups excluding tert-OH is 2. The van der Waals surface area contributed by atoms with Gasteiger partial charge in [0.05, 0.1) is 33.4 Å². The van der Waals surface area contributed by atoms with Crippen molar-refractivity contribution in [3.05, 3.63) is 41.0 Å². The van der Waals surface area contributed by atoms with Crippen LogP contribution in [0, 0.1) is 11.8 Å². The van der Waals surface area contributed by atoms with Crippen LogP contribution in [0.5, 0.6) is 28.7 Å². The molecule has 2 aromatic carbocycles. The molecule has 1 saturated heterocycles. The molecule has 37 heavy (non-hydrogen) atoms. The van der Waals surface area contributed by atoms with E-state index >= 15 is 0 Å². The fraction of sp³-hybridized carbons (Fsp3) is 0.536. The highest BCUT2D eigenvalue weighted by molar-refractivity contribution is 5.82. The molecule has 1 amide bonds. The highest BCUT2D eigenvalue weighted by Crippen LogP contribution is 2.54. The molecule has 2 aromatic rings. The minimum atomic E-state index is -1.05. The third-order valence-corrected chi connectivity index (χ3v) is 7.92. The first-order valence-corrected chi connectivity index (χ1v) is 12.8. The van der Waals surface area contributed by atoms with Crippen LogP contribution >= 0.6 is 0 Å². The van der Waals surface area contributed by atoms with E-state index in [2.05, 4.69) is 0 Å². The van der Waals surface area contributed by atoms with E-state index < -0.39 is 23.9 Å². The minimum Gasteiger partial charge on any atom is -0.493 e. The summed E-state index contributed by atoms with van der Waals surface area (Å²) in [5.41, 5.74) is 2.12. The number of benzene rings is 2. The topological polar surface area (TPSA) is 107 Å². The number of aliphatic hydroxyl groups is 2. The first-order chi connectivity index (χ1) is 18.0. The van der Waals surface area contributed by atoms with Crippen molar-refractivity contribution in [2.45, 2.75) is 37.7 Å². The van der Waals surface area contributed by atoms with Gasteiger partial charge in [-0.1, -0.05) is 12.8 Å². The summed E-state index contributed by atoms with van der Waals surface area (Å²) in [5.74, 6) is 0.475. The van der Waals surface area contributed by atoms with Crippen molar-refractivity contribution < 1.29 is 38.7 Å². The van der Waals surface area contributed by atoms with Crippen LogP contribution in [0.1, 0.15) is 54.4 Å². The lowest BCUT2D eigenvalue weighted by molar-refractivity contribution is -0.142. The molecule has 0 aromatic heterocycles. The van der Waals surface area contributed by atoms with Crippen LogP contribution in [0.3, 0.4) is 0 Å². The molecule has 9 heteroatoms. The van der Waals surface area contributed by atoms with Crippen LogP contribution in [0.15, 0.2) is 24.3 Å². The van der Waals surface area contributed by atoms with E-state index in [1.807, 2.05) is 23.1 Å². The van der Waals surface area contributed by atoms with Gasteiger partial charge in [0.2, 0.25) is 18.4 Å². The lowest BCUT2D eigenvalue weighted by atomic mass is 9.64. The van der Waals surface area contributed by atoms with Gasteiger partial charge in [-0.05, 0) is 53.8 Å². The predicted octanol–water partition coefficient (Wildman–Crippen LogP) is 3.25. The van der Waals surface area contributed by atoms with Crippen molar-refractivity contribution in [2.24, 2.45) is 11.8 Å². The van der Waals surface area contributed by atoms with Crippen LogP contribution in [0.25, 0.3) is 0 Å². The van der Waals surface area contributed by atoms with E-state index in [-0.39, 0.29) is 19.3 Å². The van der Waals surface area contributed by atoms with Crippen molar-refractivity contribution in [1.82, 2.24) is 4.90 Å². The number of carbonyl (C=O) groups is 1. The van der Waals surface area contributed by atoms with Gasteiger partial charge in [0, 0.05) is 31.5 Å². The molecule has 0 spiro atoms. The normalized spacial score (nSPS) is 24.7. The van der Waals surface area contributed by atoms with Crippen LogP contribution in [0.2, 0.25) is 0 Å². The summed E-state index contributed by atoms with van der Waals surface area (Å²) in [4.78, 5) is 16.1. The maximum absolute atomic E-state index is 14.2. The van der Waals surface area contributed by atoms with Crippen LogP contribution in [-0.2, 0) is 4.79 Å². The van der Waals surface area contributed by atoms with Crippen molar-refractivity contribution in [1.29, 1.82) is 0 Å². The monoisotopic (exact) mass is 513 g/mol. The summed E-state index contributed by atoms with van der Waals surface area (Å²) < 4.78 is 28.0. The number of nitrogens with zero attached hydrogens (tertiary/aromatic N) is 1. The van der Waals surface area contributed by atoms with Gasteiger partial charge >= 0.3 is 0 Å². The summed E-state index contributed by atoms with van der Waals surface area (Å²) in [6.07, 6.45) is 3.00. The van der Waals surface area contributed by atoms with Crippen molar-refractivity contribution in [2.75, 3.05) is 47.8 Å². The second-order valence-electron chi connectivity index (χ2n) is 9.83. The van der Waals surface area contributed by atoms with Crippen LogP contribution in [-0.4, -0.2) is 68.8 Å². The van der Waals surface area contributed by atoms with Gasteiger partial charge < -0.3 is 38.8 Å². The van der Waals surface area contributed by atoms with Crippen LogP contribution in [0.4, 0.5) is 0 Å². The summed E-state index contributed by atoms with van der Waals surface area (Å²) in [7, 11) is 4.64. The van der Waals surface area contributed by atoms with Gasteiger partial charge in [0.25, 0.3) is 0 Å². The Morgan fingerprint density at radius 1 is 0.919 bits per heavy atom. The van der Waals surface area contributed by atoms with Crippen LogP contribution < -0.4 is 23.7 Å². The summed E-state index contributed by atoms with van der Waals surface area (Å²) >= 11 is 0. The lowest BCUT2D eigenvalue weighted by Gasteiger charge is -2.43. The number of ether oxygens (including phenoxy) is 5. The Hall–Kier alpha value is -3.17. The Morgan fingerprint density at radius 3 is 2.05 bits per heavy atom. The Morgan fingerprint density at radius 2 is 1.51 bits per heavy atom.